The molecule has 80 valence electrons. The number of halogens is 1. The quantitative estimate of drug-likeness (QED) is 0.833. The molecule has 1 rings (SSSR count). The van der Waals surface area contributed by atoms with Crippen LogP contribution in [0.4, 0.5) is 5.69 Å². The van der Waals surface area contributed by atoms with E-state index in [0.29, 0.717) is 12.1 Å². The molecule has 0 fully saturated rings. The smallest absolute Gasteiger partial charge is 0.335 e. The number of nitrogens with one attached hydrogen (secondary N) is 1. The van der Waals surface area contributed by atoms with E-state index in [1.165, 1.54) is 18.2 Å². The van der Waals surface area contributed by atoms with Gasteiger partial charge in [0.15, 0.2) is 0 Å². The van der Waals surface area contributed by atoms with Gasteiger partial charge in [0, 0.05) is 6.42 Å². The van der Waals surface area contributed by atoms with Crippen LogP contribution in [0.1, 0.15) is 23.7 Å². The highest BCUT2D eigenvalue weighted by Crippen LogP contribution is 2.23. The van der Waals surface area contributed by atoms with Crippen molar-refractivity contribution < 1.29 is 14.7 Å². The summed E-state index contributed by atoms with van der Waals surface area (Å²) in [6.07, 6.45) is 0.344. The van der Waals surface area contributed by atoms with E-state index in [9.17, 15) is 9.59 Å². The summed E-state index contributed by atoms with van der Waals surface area (Å²) in [5.74, 6) is -1.22. The summed E-state index contributed by atoms with van der Waals surface area (Å²) in [7, 11) is 0. The summed E-state index contributed by atoms with van der Waals surface area (Å²) in [4.78, 5) is 21.7. The second-order valence-corrected chi connectivity index (χ2v) is 3.31. The summed E-state index contributed by atoms with van der Waals surface area (Å²) in [6.45, 7) is 1.72. The lowest BCUT2D eigenvalue weighted by Crippen LogP contribution is -2.10. The lowest BCUT2D eigenvalue weighted by Gasteiger charge is -2.06. The third-order valence-electron chi connectivity index (χ3n) is 1.81. The Hall–Kier alpha value is -1.55. The predicted octanol–water partition coefficient (Wildman–Crippen LogP) is 2.39. The number of amides is 1. The molecular weight excluding hydrogens is 218 g/mol. The van der Waals surface area contributed by atoms with Crippen molar-refractivity contribution in [2.75, 3.05) is 5.32 Å². The van der Waals surface area contributed by atoms with Gasteiger partial charge in [-0.15, -0.1) is 0 Å². The van der Waals surface area contributed by atoms with Crippen LogP contribution in [0.15, 0.2) is 18.2 Å². The van der Waals surface area contributed by atoms with Gasteiger partial charge in [-0.25, -0.2) is 4.79 Å². The first-order valence-electron chi connectivity index (χ1n) is 4.37. The molecule has 4 nitrogen and oxygen atoms in total. The van der Waals surface area contributed by atoms with Crippen LogP contribution >= 0.6 is 11.6 Å². The summed E-state index contributed by atoms with van der Waals surface area (Å²) in [5.41, 5.74) is 0.517. The van der Waals surface area contributed by atoms with Crippen LogP contribution in [0.2, 0.25) is 5.02 Å². The third kappa shape index (κ3) is 2.95. The van der Waals surface area contributed by atoms with Gasteiger partial charge in [-0.3, -0.25) is 4.79 Å². The van der Waals surface area contributed by atoms with Crippen LogP contribution in [-0.4, -0.2) is 17.0 Å². The number of carbonyl (C=O) groups is 2. The van der Waals surface area contributed by atoms with E-state index in [-0.39, 0.29) is 16.5 Å². The standard InChI is InChI=1S/C10H10ClNO3/c1-2-9(13)12-8-4-3-6(10(14)15)5-7(8)11/h3-5H,2H2,1H3,(H,12,13)(H,14,15). The van der Waals surface area contributed by atoms with Crippen molar-refractivity contribution in [1.29, 1.82) is 0 Å². The average Bonchev–Trinajstić information content (AvgIpc) is 2.20. The van der Waals surface area contributed by atoms with Crippen molar-refractivity contribution in [2.45, 2.75) is 13.3 Å². The molecule has 0 unspecified atom stereocenters. The van der Waals surface area contributed by atoms with E-state index in [0.717, 1.165) is 0 Å². The Morgan fingerprint density at radius 2 is 2.13 bits per heavy atom. The molecule has 0 saturated heterocycles. The lowest BCUT2D eigenvalue weighted by atomic mass is 10.2. The van der Waals surface area contributed by atoms with E-state index in [4.69, 9.17) is 16.7 Å². The second kappa shape index (κ2) is 4.79. The van der Waals surface area contributed by atoms with Crippen molar-refractivity contribution in [3.63, 3.8) is 0 Å². The van der Waals surface area contributed by atoms with E-state index < -0.39 is 5.97 Å². The Bertz CT molecular complexity index is 404. The Labute approximate surface area is 91.9 Å². The minimum atomic E-state index is -1.05. The van der Waals surface area contributed by atoms with Crippen molar-refractivity contribution in [2.24, 2.45) is 0 Å². The number of carbonyl (C=O) groups excluding carboxylic acids is 1. The van der Waals surface area contributed by atoms with Gasteiger partial charge in [-0.05, 0) is 18.2 Å². The van der Waals surface area contributed by atoms with Gasteiger partial charge in [0.1, 0.15) is 0 Å². The first-order valence-corrected chi connectivity index (χ1v) is 4.75. The van der Waals surface area contributed by atoms with Gasteiger partial charge in [0.05, 0.1) is 16.3 Å². The highest BCUT2D eigenvalue weighted by molar-refractivity contribution is 6.34. The van der Waals surface area contributed by atoms with Gasteiger partial charge in [0.25, 0.3) is 0 Å². The van der Waals surface area contributed by atoms with Crippen LogP contribution in [0.25, 0.3) is 0 Å². The van der Waals surface area contributed by atoms with Crippen molar-refractivity contribution in [3.05, 3.63) is 28.8 Å². The highest BCUT2D eigenvalue weighted by atomic mass is 35.5. The molecule has 1 aromatic rings. The number of carboxylic acid groups (broad SMARTS) is 1. The van der Waals surface area contributed by atoms with Crippen LogP contribution in [0.3, 0.4) is 0 Å². The first-order chi connectivity index (χ1) is 7.04. The molecule has 0 aliphatic carbocycles. The van der Waals surface area contributed by atoms with Gasteiger partial charge in [-0.2, -0.15) is 0 Å². The summed E-state index contributed by atoms with van der Waals surface area (Å²) in [5, 5.41) is 11.5. The summed E-state index contributed by atoms with van der Waals surface area (Å²) < 4.78 is 0. The normalized spacial score (nSPS) is 9.73. The SMILES string of the molecule is CCC(=O)Nc1ccc(C(=O)O)cc1Cl. The molecule has 0 heterocycles. The molecule has 0 bridgehead atoms. The molecule has 2 N–H and O–H groups in total. The van der Waals surface area contributed by atoms with Crippen LogP contribution < -0.4 is 5.32 Å². The average molecular weight is 228 g/mol. The fourth-order valence-electron chi connectivity index (χ4n) is 0.988. The number of carboxylic acids is 1. The number of benzene rings is 1. The number of aromatic carboxylic acids is 1. The molecule has 0 atom stereocenters. The summed E-state index contributed by atoms with van der Waals surface area (Å²) >= 11 is 5.80. The molecule has 1 amide bonds. The zero-order valence-corrected chi connectivity index (χ0v) is 8.84. The van der Waals surface area contributed by atoms with Crippen molar-refractivity contribution >= 4 is 29.2 Å². The van der Waals surface area contributed by atoms with E-state index >= 15 is 0 Å². The fraction of sp³-hybridized carbons (Fsp3) is 0.200. The van der Waals surface area contributed by atoms with Crippen molar-refractivity contribution in [1.82, 2.24) is 0 Å². The maximum atomic E-state index is 11.1. The molecule has 0 aromatic heterocycles. The molecule has 0 aliphatic rings. The Morgan fingerprint density at radius 1 is 1.47 bits per heavy atom. The monoisotopic (exact) mass is 227 g/mol. The van der Waals surface area contributed by atoms with Crippen molar-refractivity contribution in [3.8, 4) is 0 Å². The van der Waals surface area contributed by atoms with E-state index in [2.05, 4.69) is 5.32 Å². The highest BCUT2D eigenvalue weighted by Gasteiger charge is 2.08. The molecule has 5 heteroatoms. The van der Waals surface area contributed by atoms with Crippen LogP contribution in [0.5, 0.6) is 0 Å². The topological polar surface area (TPSA) is 66.4 Å². The minimum Gasteiger partial charge on any atom is -0.478 e. The van der Waals surface area contributed by atoms with Gasteiger partial charge < -0.3 is 10.4 Å². The van der Waals surface area contributed by atoms with Crippen LogP contribution in [-0.2, 0) is 4.79 Å². The molecule has 0 spiro atoms. The van der Waals surface area contributed by atoms with Gasteiger partial charge in [-0.1, -0.05) is 18.5 Å². The Kier molecular flexibility index (Phi) is 3.68. The fourth-order valence-corrected chi connectivity index (χ4v) is 1.22. The maximum absolute atomic E-state index is 11.1. The predicted molar refractivity (Wildman–Crippen MR) is 57.3 cm³/mol. The zero-order chi connectivity index (χ0) is 11.4. The largest absolute Gasteiger partial charge is 0.478 e. The minimum absolute atomic E-state index is 0.0921. The molecule has 0 aliphatic heterocycles. The van der Waals surface area contributed by atoms with Gasteiger partial charge >= 0.3 is 5.97 Å². The third-order valence-corrected chi connectivity index (χ3v) is 2.12. The van der Waals surface area contributed by atoms with E-state index in [1.807, 2.05) is 0 Å². The molecule has 1 aromatic carbocycles. The van der Waals surface area contributed by atoms with Crippen LogP contribution in [0, 0.1) is 0 Å². The molecular formula is C10H10ClNO3. The maximum Gasteiger partial charge on any atom is 0.335 e. The lowest BCUT2D eigenvalue weighted by molar-refractivity contribution is -0.115. The molecule has 0 saturated carbocycles. The number of rotatable bonds is 3. The number of anilines is 1. The number of hydrogen-bond donors (Lipinski definition) is 2. The van der Waals surface area contributed by atoms with E-state index in [1.54, 1.807) is 6.92 Å². The Morgan fingerprint density at radius 3 is 2.60 bits per heavy atom. The Balaban J connectivity index is 2.93. The molecule has 0 radical (unpaired) electrons. The summed E-state index contributed by atoms with van der Waals surface area (Å²) in [6, 6.07) is 4.16. The second-order valence-electron chi connectivity index (χ2n) is 2.90. The van der Waals surface area contributed by atoms with Gasteiger partial charge in [0.2, 0.25) is 5.91 Å². The number of hydrogen-bond acceptors (Lipinski definition) is 2. The zero-order valence-electron chi connectivity index (χ0n) is 8.08. The first kappa shape index (κ1) is 11.5. The molecule has 15 heavy (non-hydrogen) atoms.